The molecule has 7 heteroatoms. The van der Waals surface area contributed by atoms with Crippen molar-refractivity contribution in [2.75, 3.05) is 26.2 Å². The molecule has 2 N–H and O–H groups in total. The van der Waals surface area contributed by atoms with E-state index < -0.39 is 6.03 Å². The number of urea groups is 1. The molecule has 2 heterocycles. The van der Waals surface area contributed by atoms with Crippen LogP contribution >= 0.6 is 11.6 Å². The van der Waals surface area contributed by atoms with Gasteiger partial charge < -0.3 is 20.3 Å². The van der Waals surface area contributed by atoms with E-state index in [0.717, 1.165) is 12.8 Å². The van der Waals surface area contributed by atoms with Crippen LogP contribution in [0.2, 0.25) is 5.02 Å². The molecule has 0 aromatic heterocycles. The standard InChI is InChI=1S/C16H20ClN3O3/c17-13-5-1-2-6-14(13)23-12-9-20(10-12)15(21)11-4-3-7-19(8-11)16(18)22/h1-2,5-6,11-12H,3-4,7-10H2,(H2,18,22)/t11-/m0/s1. The van der Waals surface area contributed by atoms with Crippen molar-refractivity contribution in [3.05, 3.63) is 29.3 Å². The number of carbonyl (C=O) groups excluding carboxylic acids is 2. The van der Waals surface area contributed by atoms with Gasteiger partial charge in [-0.1, -0.05) is 23.7 Å². The van der Waals surface area contributed by atoms with Crippen LogP contribution in [0, 0.1) is 5.92 Å². The molecule has 0 aliphatic carbocycles. The first-order valence-corrected chi connectivity index (χ1v) is 8.16. The molecule has 1 aromatic carbocycles. The lowest BCUT2D eigenvalue weighted by molar-refractivity contribution is -0.145. The quantitative estimate of drug-likeness (QED) is 0.912. The number of hydrogen-bond acceptors (Lipinski definition) is 3. The van der Waals surface area contributed by atoms with E-state index in [4.69, 9.17) is 22.1 Å². The van der Waals surface area contributed by atoms with Crippen molar-refractivity contribution >= 4 is 23.5 Å². The molecule has 124 valence electrons. The van der Waals surface area contributed by atoms with Gasteiger partial charge in [-0.25, -0.2) is 4.79 Å². The number of carbonyl (C=O) groups is 2. The predicted octanol–water partition coefficient (Wildman–Crippen LogP) is 1.72. The highest BCUT2D eigenvalue weighted by Crippen LogP contribution is 2.28. The number of benzene rings is 1. The lowest BCUT2D eigenvalue weighted by Gasteiger charge is -2.42. The second-order valence-corrected chi connectivity index (χ2v) is 6.44. The Morgan fingerprint density at radius 2 is 1.91 bits per heavy atom. The van der Waals surface area contributed by atoms with Crippen molar-refractivity contribution in [2.45, 2.75) is 18.9 Å². The minimum atomic E-state index is -0.453. The fourth-order valence-corrected chi connectivity index (χ4v) is 3.23. The number of halogens is 1. The zero-order chi connectivity index (χ0) is 16.4. The van der Waals surface area contributed by atoms with E-state index in [9.17, 15) is 9.59 Å². The van der Waals surface area contributed by atoms with E-state index in [2.05, 4.69) is 0 Å². The second kappa shape index (κ2) is 6.66. The monoisotopic (exact) mass is 337 g/mol. The molecule has 0 bridgehead atoms. The van der Waals surface area contributed by atoms with Gasteiger partial charge in [0.2, 0.25) is 5.91 Å². The number of nitrogens with two attached hydrogens (primary N) is 1. The van der Waals surface area contributed by atoms with Gasteiger partial charge in [0, 0.05) is 13.1 Å². The maximum absolute atomic E-state index is 12.5. The highest BCUT2D eigenvalue weighted by Gasteiger charge is 2.37. The van der Waals surface area contributed by atoms with Gasteiger partial charge in [-0.3, -0.25) is 4.79 Å². The van der Waals surface area contributed by atoms with Gasteiger partial charge in [-0.15, -0.1) is 0 Å². The minimum Gasteiger partial charge on any atom is -0.485 e. The smallest absolute Gasteiger partial charge is 0.314 e. The van der Waals surface area contributed by atoms with E-state index in [-0.39, 0.29) is 17.9 Å². The Labute approximate surface area is 140 Å². The molecule has 3 amide bonds. The highest BCUT2D eigenvalue weighted by molar-refractivity contribution is 6.32. The molecule has 1 aromatic rings. The maximum atomic E-state index is 12.5. The minimum absolute atomic E-state index is 0.0327. The van der Waals surface area contributed by atoms with Gasteiger partial charge in [-0.2, -0.15) is 0 Å². The van der Waals surface area contributed by atoms with Crippen LogP contribution < -0.4 is 10.5 Å². The third-order valence-corrected chi connectivity index (χ3v) is 4.68. The summed E-state index contributed by atoms with van der Waals surface area (Å²) in [7, 11) is 0. The van der Waals surface area contributed by atoms with Crippen LogP contribution in [0.3, 0.4) is 0 Å². The van der Waals surface area contributed by atoms with Gasteiger partial charge in [0.1, 0.15) is 11.9 Å². The van der Waals surface area contributed by atoms with Crippen molar-refractivity contribution in [2.24, 2.45) is 11.7 Å². The summed E-state index contributed by atoms with van der Waals surface area (Å²) in [6.45, 7) is 2.16. The van der Waals surface area contributed by atoms with E-state index in [1.165, 1.54) is 0 Å². The Morgan fingerprint density at radius 1 is 1.17 bits per heavy atom. The number of ether oxygens (including phenoxy) is 1. The van der Waals surface area contributed by atoms with Gasteiger partial charge in [0.05, 0.1) is 24.0 Å². The molecule has 23 heavy (non-hydrogen) atoms. The molecule has 0 spiro atoms. The average molecular weight is 338 g/mol. The summed E-state index contributed by atoms with van der Waals surface area (Å²) in [6.07, 6.45) is 1.58. The van der Waals surface area contributed by atoms with Gasteiger partial charge >= 0.3 is 6.03 Å². The highest BCUT2D eigenvalue weighted by atomic mass is 35.5. The number of amides is 3. The zero-order valence-corrected chi connectivity index (χ0v) is 13.5. The molecule has 0 radical (unpaired) electrons. The van der Waals surface area contributed by atoms with Crippen molar-refractivity contribution in [1.29, 1.82) is 0 Å². The Bertz CT molecular complexity index is 604. The topological polar surface area (TPSA) is 75.9 Å². The maximum Gasteiger partial charge on any atom is 0.314 e. The molecule has 2 fully saturated rings. The predicted molar refractivity (Wildman–Crippen MR) is 86.3 cm³/mol. The van der Waals surface area contributed by atoms with Crippen LogP contribution in [0.5, 0.6) is 5.75 Å². The summed E-state index contributed by atoms with van der Waals surface area (Å²) in [6, 6.07) is 6.85. The lowest BCUT2D eigenvalue weighted by atomic mass is 9.95. The number of piperidine rings is 1. The summed E-state index contributed by atoms with van der Waals surface area (Å²) in [5, 5.41) is 0.571. The largest absolute Gasteiger partial charge is 0.485 e. The molecule has 1 atom stereocenters. The molecule has 3 rings (SSSR count). The van der Waals surface area contributed by atoms with Crippen molar-refractivity contribution < 1.29 is 14.3 Å². The van der Waals surface area contributed by atoms with Crippen LogP contribution in [0.15, 0.2) is 24.3 Å². The molecular formula is C16H20ClN3O3. The first kappa shape index (κ1) is 15.9. The summed E-state index contributed by atoms with van der Waals surface area (Å²) in [5.41, 5.74) is 5.30. The Kier molecular flexibility index (Phi) is 4.61. The molecule has 6 nitrogen and oxygen atoms in total. The Morgan fingerprint density at radius 3 is 2.61 bits per heavy atom. The molecule has 2 aliphatic rings. The first-order valence-electron chi connectivity index (χ1n) is 7.79. The molecule has 0 saturated carbocycles. The summed E-state index contributed by atoms with van der Waals surface area (Å²) >= 11 is 6.06. The third kappa shape index (κ3) is 3.52. The van der Waals surface area contributed by atoms with Gasteiger partial charge in [0.25, 0.3) is 0 Å². The number of primary amides is 1. The molecule has 2 saturated heterocycles. The van der Waals surface area contributed by atoms with Crippen LogP contribution in [0.4, 0.5) is 4.79 Å². The van der Waals surface area contributed by atoms with E-state index in [1.54, 1.807) is 15.9 Å². The Balaban J connectivity index is 1.50. The van der Waals surface area contributed by atoms with Crippen LogP contribution in [-0.2, 0) is 4.79 Å². The van der Waals surface area contributed by atoms with Gasteiger partial charge in [-0.05, 0) is 25.0 Å². The second-order valence-electron chi connectivity index (χ2n) is 6.04. The summed E-state index contributed by atoms with van der Waals surface area (Å²) < 4.78 is 5.80. The summed E-state index contributed by atoms with van der Waals surface area (Å²) in [4.78, 5) is 27.1. The number of likely N-dealkylation sites (tertiary alicyclic amines) is 2. The van der Waals surface area contributed by atoms with Crippen LogP contribution in [0.1, 0.15) is 12.8 Å². The average Bonchev–Trinajstić information content (AvgIpc) is 2.51. The van der Waals surface area contributed by atoms with E-state index >= 15 is 0 Å². The normalized spacial score (nSPS) is 21.7. The molecule has 2 aliphatic heterocycles. The van der Waals surface area contributed by atoms with Crippen LogP contribution in [0.25, 0.3) is 0 Å². The summed E-state index contributed by atoms with van der Waals surface area (Å²) in [5.74, 6) is 0.566. The SMILES string of the molecule is NC(=O)N1CCC[C@H](C(=O)N2CC(Oc3ccccc3Cl)C2)C1. The molecule has 0 unspecified atom stereocenters. The fraction of sp³-hybridized carbons (Fsp3) is 0.500. The number of rotatable bonds is 3. The molecular weight excluding hydrogens is 318 g/mol. The van der Waals surface area contributed by atoms with Gasteiger partial charge in [0.15, 0.2) is 0 Å². The Hall–Kier alpha value is -1.95. The number of hydrogen-bond donors (Lipinski definition) is 1. The zero-order valence-electron chi connectivity index (χ0n) is 12.8. The first-order chi connectivity index (χ1) is 11.0. The lowest BCUT2D eigenvalue weighted by Crippen LogP contribution is -2.59. The van der Waals surface area contributed by atoms with Crippen molar-refractivity contribution in [3.63, 3.8) is 0 Å². The van der Waals surface area contributed by atoms with Crippen molar-refractivity contribution in [1.82, 2.24) is 9.80 Å². The van der Waals surface area contributed by atoms with E-state index in [1.807, 2.05) is 18.2 Å². The number of nitrogens with zero attached hydrogens (tertiary/aromatic N) is 2. The third-order valence-electron chi connectivity index (χ3n) is 4.37. The fourth-order valence-electron chi connectivity index (χ4n) is 3.05. The van der Waals surface area contributed by atoms with Crippen LogP contribution in [-0.4, -0.2) is 54.0 Å². The van der Waals surface area contributed by atoms with Crippen molar-refractivity contribution in [3.8, 4) is 5.75 Å². The number of para-hydroxylation sites is 1. The van der Waals surface area contributed by atoms with E-state index in [0.29, 0.717) is 37.0 Å².